The van der Waals surface area contributed by atoms with Crippen molar-refractivity contribution in [1.82, 2.24) is 19.9 Å². The second kappa shape index (κ2) is 10.6. The molecule has 0 bridgehead atoms. The maximum absolute atomic E-state index is 13.5. The highest BCUT2D eigenvalue weighted by atomic mass is 16.2. The molecule has 0 aromatic carbocycles. The minimum Gasteiger partial charge on any atom is -0.337 e. The predicted molar refractivity (Wildman–Crippen MR) is 139 cm³/mol. The topological polar surface area (TPSA) is 112 Å². The fourth-order valence-corrected chi connectivity index (χ4v) is 4.32. The van der Waals surface area contributed by atoms with Crippen molar-refractivity contribution in [3.05, 3.63) is 77.8 Å². The van der Waals surface area contributed by atoms with Gasteiger partial charge in [0.15, 0.2) is 17.2 Å². The van der Waals surface area contributed by atoms with Crippen LogP contribution in [0.1, 0.15) is 71.6 Å². The van der Waals surface area contributed by atoms with Crippen molar-refractivity contribution >= 4 is 29.5 Å². The summed E-state index contributed by atoms with van der Waals surface area (Å²) in [5.74, 6) is 0.00323. The zero-order valence-corrected chi connectivity index (χ0v) is 20.2. The second-order valence-corrected chi connectivity index (χ2v) is 9.21. The van der Waals surface area contributed by atoms with E-state index in [0.29, 0.717) is 29.7 Å². The van der Waals surface area contributed by atoms with Crippen LogP contribution in [0.3, 0.4) is 0 Å². The number of nitrogens with zero attached hydrogens (tertiary/aromatic N) is 5. The van der Waals surface area contributed by atoms with Crippen LogP contribution in [0.15, 0.2) is 65.7 Å². The Morgan fingerprint density at radius 3 is 2.78 bits per heavy atom. The summed E-state index contributed by atoms with van der Waals surface area (Å²) in [6.45, 7) is 2.74. The second-order valence-electron chi connectivity index (χ2n) is 9.21. The largest absolute Gasteiger partial charge is 0.337 e. The number of anilines is 2. The van der Waals surface area contributed by atoms with Crippen LogP contribution in [-0.4, -0.2) is 50.5 Å². The van der Waals surface area contributed by atoms with Gasteiger partial charge in [-0.05, 0) is 63.3 Å². The van der Waals surface area contributed by atoms with Crippen LogP contribution < -0.4 is 10.6 Å². The molecule has 1 unspecified atom stereocenters. The molecule has 1 aliphatic carbocycles. The lowest BCUT2D eigenvalue weighted by Crippen LogP contribution is -2.42. The Kier molecular flexibility index (Phi) is 6.97. The molecule has 2 aromatic heterocycles. The van der Waals surface area contributed by atoms with Gasteiger partial charge in [-0.15, -0.1) is 0 Å². The van der Waals surface area contributed by atoms with E-state index in [-0.39, 0.29) is 23.3 Å². The number of hydrogen-bond donors (Lipinski definition) is 2. The van der Waals surface area contributed by atoms with E-state index in [9.17, 15) is 9.59 Å². The summed E-state index contributed by atoms with van der Waals surface area (Å²) in [5.41, 5.74) is 2.19. The highest BCUT2D eigenvalue weighted by Crippen LogP contribution is 2.39. The maximum Gasteiger partial charge on any atom is 0.278 e. The van der Waals surface area contributed by atoms with Gasteiger partial charge >= 0.3 is 0 Å². The molecular formula is C27H29N7O2. The molecule has 2 N–H and O–H groups in total. The standard InChI is InChI=1S/C27H29N7O2/c1-18-8-4-6-15-34(18)27(36)23-21(10-7-14-29-23)33-26(35)24-25(30-17-22(32-24)19-11-12-19)31-20-9-3-2-5-13-28-16-20/h2-3,5,7,9-10,13-14,16-19H,4,6,8,11-12,15H2,1H3,(H,30,31)(H,33,35)/b3-2+,5-2?,9-3?,13-5+,20-9?,20-16?,28-13?,28-16?. The predicted octanol–water partition coefficient (Wildman–Crippen LogP) is 4.47. The first-order chi connectivity index (χ1) is 17.6. The molecule has 1 atom stereocenters. The quantitative estimate of drug-likeness (QED) is 0.627. The number of likely N-dealkylation sites (tertiary alicyclic amines) is 1. The molecule has 36 heavy (non-hydrogen) atoms. The highest BCUT2D eigenvalue weighted by molar-refractivity contribution is 6.09. The van der Waals surface area contributed by atoms with Gasteiger partial charge in [0.25, 0.3) is 11.8 Å². The first-order valence-electron chi connectivity index (χ1n) is 12.4. The fraction of sp³-hybridized carbons (Fsp3) is 0.333. The average Bonchev–Trinajstić information content (AvgIpc) is 3.72. The van der Waals surface area contributed by atoms with Crippen molar-refractivity contribution in [2.75, 3.05) is 17.2 Å². The number of piperidine rings is 1. The van der Waals surface area contributed by atoms with Crippen molar-refractivity contribution in [3.63, 3.8) is 0 Å². The molecule has 184 valence electrons. The summed E-state index contributed by atoms with van der Waals surface area (Å²) in [5, 5.41) is 6.05. The molecule has 0 spiro atoms. The van der Waals surface area contributed by atoms with E-state index in [4.69, 9.17) is 0 Å². The van der Waals surface area contributed by atoms with Gasteiger partial charge < -0.3 is 15.5 Å². The summed E-state index contributed by atoms with van der Waals surface area (Å²) in [6.07, 6.45) is 19.1. The number of hydrogen-bond acceptors (Lipinski definition) is 7. The molecule has 3 aliphatic rings. The fourth-order valence-electron chi connectivity index (χ4n) is 4.32. The van der Waals surface area contributed by atoms with Crippen LogP contribution >= 0.6 is 0 Å². The van der Waals surface area contributed by atoms with Gasteiger partial charge in [-0.1, -0.05) is 12.2 Å². The Labute approximate surface area is 210 Å². The number of allylic oxidation sites excluding steroid dienone is 5. The third-order valence-corrected chi connectivity index (χ3v) is 6.47. The lowest BCUT2D eigenvalue weighted by atomic mass is 10.0. The Hall–Kier alpha value is -4.14. The van der Waals surface area contributed by atoms with E-state index in [1.54, 1.807) is 36.9 Å². The van der Waals surface area contributed by atoms with Crippen molar-refractivity contribution in [3.8, 4) is 0 Å². The maximum atomic E-state index is 13.5. The summed E-state index contributed by atoms with van der Waals surface area (Å²) < 4.78 is 0. The van der Waals surface area contributed by atoms with E-state index in [1.165, 1.54) is 0 Å². The molecule has 9 nitrogen and oxygen atoms in total. The first kappa shape index (κ1) is 23.6. The summed E-state index contributed by atoms with van der Waals surface area (Å²) in [7, 11) is 0. The van der Waals surface area contributed by atoms with Crippen molar-refractivity contribution < 1.29 is 9.59 Å². The van der Waals surface area contributed by atoms with E-state index in [2.05, 4.69) is 30.6 Å². The normalized spacial score (nSPS) is 21.1. The lowest BCUT2D eigenvalue weighted by molar-refractivity contribution is 0.0630. The number of carbonyl (C=O) groups excluding carboxylic acids is 2. The molecule has 5 rings (SSSR count). The minimum atomic E-state index is -0.458. The smallest absolute Gasteiger partial charge is 0.278 e. The SMILES string of the molecule is CC1CCCCN1C(=O)c1ncccc1NC(=O)c1nc(C2CC2)cnc1NC1=C/C=C/C=C/N=C1. The van der Waals surface area contributed by atoms with Crippen molar-refractivity contribution in [2.24, 2.45) is 4.99 Å². The molecule has 2 aliphatic heterocycles. The van der Waals surface area contributed by atoms with E-state index >= 15 is 0 Å². The van der Waals surface area contributed by atoms with Crippen LogP contribution in [0.4, 0.5) is 11.5 Å². The first-order valence-corrected chi connectivity index (χ1v) is 12.4. The molecule has 0 radical (unpaired) electrons. The van der Waals surface area contributed by atoms with Gasteiger partial charge in [0, 0.05) is 30.9 Å². The third kappa shape index (κ3) is 5.40. The number of amides is 2. The Morgan fingerprint density at radius 1 is 1.06 bits per heavy atom. The Morgan fingerprint density at radius 2 is 1.94 bits per heavy atom. The number of aromatic nitrogens is 3. The van der Waals surface area contributed by atoms with Crippen molar-refractivity contribution in [1.29, 1.82) is 0 Å². The van der Waals surface area contributed by atoms with Crippen LogP contribution in [0.25, 0.3) is 0 Å². The molecule has 1 saturated carbocycles. The number of pyridine rings is 1. The summed E-state index contributed by atoms with van der Waals surface area (Å²) in [6, 6.07) is 3.53. The van der Waals surface area contributed by atoms with Gasteiger partial charge in [0.05, 0.1) is 29.5 Å². The third-order valence-electron chi connectivity index (χ3n) is 6.47. The van der Waals surface area contributed by atoms with E-state index in [0.717, 1.165) is 37.8 Å². The van der Waals surface area contributed by atoms with Crippen LogP contribution in [0, 0.1) is 0 Å². The number of aliphatic imine (C=N–C) groups is 1. The Bertz CT molecular complexity index is 1280. The number of rotatable bonds is 6. The summed E-state index contributed by atoms with van der Waals surface area (Å²) in [4.78, 5) is 46.4. The minimum absolute atomic E-state index is 0.135. The average molecular weight is 484 g/mol. The molecule has 9 heteroatoms. The van der Waals surface area contributed by atoms with Gasteiger partial charge in [-0.3, -0.25) is 14.6 Å². The summed E-state index contributed by atoms with van der Waals surface area (Å²) >= 11 is 0. The molecule has 2 amide bonds. The molecule has 1 saturated heterocycles. The molecule has 4 heterocycles. The lowest BCUT2D eigenvalue weighted by Gasteiger charge is -2.33. The molecular weight excluding hydrogens is 454 g/mol. The Balaban J connectivity index is 1.43. The van der Waals surface area contributed by atoms with Crippen LogP contribution in [0.5, 0.6) is 0 Å². The number of nitrogens with one attached hydrogen (secondary N) is 2. The van der Waals surface area contributed by atoms with E-state index in [1.807, 2.05) is 36.1 Å². The zero-order valence-electron chi connectivity index (χ0n) is 20.2. The van der Waals surface area contributed by atoms with Gasteiger partial charge in [0.2, 0.25) is 0 Å². The molecule has 2 aromatic rings. The molecule has 2 fully saturated rings. The van der Waals surface area contributed by atoms with Crippen LogP contribution in [0.2, 0.25) is 0 Å². The van der Waals surface area contributed by atoms with Gasteiger partial charge in [0.1, 0.15) is 0 Å². The monoisotopic (exact) mass is 483 g/mol. The zero-order chi connectivity index (χ0) is 24.9. The van der Waals surface area contributed by atoms with Gasteiger partial charge in [-0.2, -0.15) is 0 Å². The van der Waals surface area contributed by atoms with Gasteiger partial charge in [-0.25, -0.2) is 15.0 Å². The van der Waals surface area contributed by atoms with Crippen molar-refractivity contribution in [2.45, 2.75) is 51.0 Å². The van der Waals surface area contributed by atoms with E-state index < -0.39 is 5.91 Å². The highest BCUT2D eigenvalue weighted by Gasteiger charge is 2.30. The number of carbonyl (C=O) groups is 2. The van der Waals surface area contributed by atoms with Crippen LogP contribution in [-0.2, 0) is 0 Å².